The summed E-state index contributed by atoms with van der Waals surface area (Å²) in [5.41, 5.74) is 1.21. The van der Waals surface area contributed by atoms with Crippen LogP contribution in [0.25, 0.3) is 0 Å². The maximum atomic E-state index is 13.8. The molecule has 0 spiro atoms. The zero-order valence-electron chi connectivity index (χ0n) is 11.5. The van der Waals surface area contributed by atoms with Crippen LogP contribution in [0.3, 0.4) is 0 Å². The topological polar surface area (TPSA) is 12.0 Å². The Morgan fingerprint density at radius 2 is 1.81 bits per heavy atom. The average Bonchev–Trinajstić information content (AvgIpc) is 2.45. The lowest BCUT2D eigenvalue weighted by Gasteiger charge is -2.19. The van der Waals surface area contributed by atoms with Crippen LogP contribution >= 0.6 is 23.2 Å². The molecule has 0 saturated heterocycles. The van der Waals surface area contributed by atoms with Crippen molar-refractivity contribution < 1.29 is 8.78 Å². The first kappa shape index (κ1) is 16.2. The fraction of sp³-hybridized carbons (Fsp3) is 0.250. The monoisotopic (exact) mass is 329 g/mol. The second kappa shape index (κ2) is 7.21. The van der Waals surface area contributed by atoms with Gasteiger partial charge in [-0.3, -0.25) is 0 Å². The van der Waals surface area contributed by atoms with Gasteiger partial charge in [0.1, 0.15) is 11.6 Å². The molecule has 0 aliphatic rings. The third kappa shape index (κ3) is 4.16. The van der Waals surface area contributed by atoms with E-state index in [0.29, 0.717) is 28.6 Å². The van der Waals surface area contributed by atoms with Gasteiger partial charge in [0.25, 0.3) is 0 Å². The van der Waals surface area contributed by atoms with Crippen LogP contribution in [0, 0.1) is 11.6 Å². The Balaban J connectivity index is 2.30. The SMILES string of the molecule is CCNC(Cc1cc(F)ccc1F)c1ccc(Cl)c(Cl)c1. The molecule has 0 radical (unpaired) electrons. The minimum absolute atomic E-state index is 0.166. The fourth-order valence-electron chi connectivity index (χ4n) is 2.20. The molecule has 0 heterocycles. The molecule has 0 aliphatic carbocycles. The van der Waals surface area contributed by atoms with E-state index < -0.39 is 11.6 Å². The predicted molar refractivity (Wildman–Crippen MR) is 82.9 cm³/mol. The summed E-state index contributed by atoms with van der Waals surface area (Å²) in [4.78, 5) is 0. The van der Waals surface area contributed by atoms with E-state index in [1.165, 1.54) is 6.07 Å². The van der Waals surface area contributed by atoms with Gasteiger partial charge in [-0.2, -0.15) is 0 Å². The van der Waals surface area contributed by atoms with Crippen LogP contribution in [0.5, 0.6) is 0 Å². The van der Waals surface area contributed by atoms with Gasteiger partial charge in [-0.05, 0) is 54.4 Å². The zero-order chi connectivity index (χ0) is 15.4. The minimum atomic E-state index is -0.448. The van der Waals surface area contributed by atoms with Gasteiger partial charge in [-0.25, -0.2) is 8.78 Å². The summed E-state index contributed by atoms with van der Waals surface area (Å²) in [5, 5.41) is 4.16. The van der Waals surface area contributed by atoms with Crippen LogP contribution in [0.4, 0.5) is 8.78 Å². The summed E-state index contributed by atoms with van der Waals surface area (Å²) in [6, 6.07) is 8.58. The molecule has 1 atom stereocenters. The van der Waals surface area contributed by atoms with E-state index in [0.717, 1.165) is 17.7 Å². The van der Waals surface area contributed by atoms with Crippen LogP contribution in [-0.2, 0) is 6.42 Å². The van der Waals surface area contributed by atoms with E-state index in [9.17, 15) is 8.78 Å². The van der Waals surface area contributed by atoms with Crippen molar-refractivity contribution in [1.82, 2.24) is 5.32 Å². The van der Waals surface area contributed by atoms with Crippen LogP contribution in [0.15, 0.2) is 36.4 Å². The highest BCUT2D eigenvalue weighted by molar-refractivity contribution is 6.42. The van der Waals surface area contributed by atoms with Gasteiger partial charge in [-0.1, -0.05) is 36.2 Å². The second-order valence-corrected chi connectivity index (χ2v) is 5.54. The van der Waals surface area contributed by atoms with Crippen LogP contribution < -0.4 is 5.32 Å². The quantitative estimate of drug-likeness (QED) is 0.798. The number of benzene rings is 2. The van der Waals surface area contributed by atoms with E-state index >= 15 is 0 Å². The summed E-state index contributed by atoms with van der Waals surface area (Å²) in [6.45, 7) is 2.65. The number of likely N-dealkylation sites (N-methyl/N-ethyl adjacent to an activating group) is 1. The van der Waals surface area contributed by atoms with E-state index in [2.05, 4.69) is 5.32 Å². The maximum Gasteiger partial charge on any atom is 0.126 e. The Hall–Kier alpha value is -1.16. The molecule has 2 aromatic carbocycles. The molecule has 1 nitrogen and oxygen atoms in total. The van der Waals surface area contributed by atoms with E-state index in [1.807, 2.05) is 13.0 Å². The zero-order valence-corrected chi connectivity index (χ0v) is 13.0. The van der Waals surface area contributed by atoms with Gasteiger partial charge < -0.3 is 5.32 Å². The van der Waals surface area contributed by atoms with Crippen LogP contribution in [0.2, 0.25) is 10.0 Å². The van der Waals surface area contributed by atoms with Crippen molar-refractivity contribution in [3.05, 3.63) is 69.2 Å². The molecule has 21 heavy (non-hydrogen) atoms. The molecule has 0 aliphatic heterocycles. The smallest absolute Gasteiger partial charge is 0.126 e. The number of hydrogen-bond acceptors (Lipinski definition) is 1. The first-order valence-corrected chi connectivity index (χ1v) is 7.39. The molecular formula is C16H15Cl2F2N. The number of nitrogens with one attached hydrogen (secondary N) is 1. The van der Waals surface area contributed by atoms with Crippen molar-refractivity contribution in [2.75, 3.05) is 6.54 Å². The van der Waals surface area contributed by atoms with Crippen molar-refractivity contribution >= 4 is 23.2 Å². The molecule has 0 saturated carbocycles. The maximum absolute atomic E-state index is 13.8. The van der Waals surface area contributed by atoms with Gasteiger partial charge >= 0.3 is 0 Å². The van der Waals surface area contributed by atoms with Gasteiger partial charge in [0.15, 0.2) is 0 Å². The van der Waals surface area contributed by atoms with E-state index in [-0.39, 0.29) is 6.04 Å². The van der Waals surface area contributed by atoms with Crippen molar-refractivity contribution in [2.45, 2.75) is 19.4 Å². The highest BCUT2D eigenvalue weighted by Gasteiger charge is 2.15. The first-order valence-electron chi connectivity index (χ1n) is 6.63. The van der Waals surface area contributed by atoms with Crippen molar-refractivity contribution in [2.24, 2.45) is 0 Å². The largest absolute Gasteiger partial charge is 0.310 e. The minimum Gasteiger partial charge on any atom is -0.310 e. The number of halogens is 4. The van der Waals surface area contributed by atoms with Gasteiger partial charge in [0.2, 0.25) is 0 Å². The molecule has 0 fully saturated rings. The van der Waals surface area contributed by atoms with Crippen molar-refractivity contribution in [3.8, 4) is 0 Å². The lowest BCUT2D eigenvalue weighted by atomic mass is 9.98. The normalized spacial score (nSPS) is 12.4. The third-order valence-corrected chi connectivity index (χ3v) is 3.97. The number of hydrogen-bond donors (Lipinski definition) is 1. The van der Waals surface area contributed by atoms with Gasteiger partial charge in [-0.15, -0.1) is 0 Å². The molecule has 1 N–H and O–H groups in total. The molecule has 2 rings (SSSR count). The van der Waals surface area contributed by atoms with Crippen molar-refractivity contribution in [3.63, 3.8) is 0 Å². The van der Waals surface area contributed by atoms with Crippen LogP contribution in [0.1, 0.15) is 24.1 Å². The summed E-state index contributed by atoms with van der Waals surface area (Å²) in [7, 11) is 0. The third-order valence-electron chi connectivity index (χ3n) is 3.23. The highest BCUT2D eigenvalue weighted by Crippen LogP contribution is 2.28. The lowest BCUT2D eigenvalue weighted by molar-refractivity contribution is 0.522. The predicted octanol–water partition coefficient (Wildman–Crippen LogP) is 5.16. The molecule has 0 amide bonds. The summed E-state index contributed by atoms with van der Waals surface area (Å²) in [5.74, 6) is -0.866. The van der Waals surface area contributed by atoms with Crippen molar-refractivity contribution in [1.29, 1.82) is 0 Å². The average molecular weight is 330 g/mol. The standard InChI is InChI=1S/C16H15Cl2F2N/c1-2-21-16(10-3-5-13(17)14(18)8-10)9-11-7-12(19)4-6-15(11)20/h3-8,16,21H,2,9H2,1H3. The molecule has 0 aromatic heterocycles. The summed E-state index contributed by atoms with van der Waals surface area (Å²) < 4.78 is 27.1. The van der Waals surface area contributed by atoms with E-state index in [4.69, 9.17) is 23.2 Å². The molecule has 1 unspecified atom stereocenters. The molecular weight excluding hydrogens is 315 g/mol. The Labute approximate surface area is 132 Å². The Kier molecular flexibility index (Phi) is 5.57. The highest BCUT2D eigenvalue weighted by atomic mass is 35.5. The number of rotatable bonds is 5. The summed E-state index contributed by atoms with van der Waals surface area (Å²) >= 11 is 11.9. The lowest BCUT2D eigenvalue weighted by Crippen LogP contribution is -2.23. The summed E-state index contributed by atoms with van der Waals surface area (Å²) in [6.07, 6.45) is 0.329. The molecule has 0 bridgehead atoms. The Morgan fingerprint density at radius 3 is 2.48 bits per heavy atom. The van der Waals surface area contributed by atoms with E-state index in [1.54, 1.807) is 12.1 Å². The molecule has 5 heteroatoms. The first-order chi connectivity index (χ1) is 10.0. The fourth-order valence-corrected chi connectivity index (χ4v) is 2.51. The molecule has 2 aromatic rings. The van der Waals surface area contributed by atoms with Crippen LogP contribution in [-0.4, -0.2) is 6.54 Å². The van der Waals surface area contributed by atoms with Gasteiger partial charge in [0, 0.05) is 6.04 Å². The second-order valence-electron chi connectivity index (χ2n) is 4.72. The molecule has 112 valence electrons. The Bertz CT molecular complexity index is 632. The van der Waals surface area contributed by atoms with Gasteiger partial charge in [0.05, 0.1) is 10.0 Å². The Morgan fingerprint density at radius 1 is 1.05 bits per heavy atom.